The van der Waals surface area contributed by atoms with E-state index in [0.717, 1.165) is 4.90 Å². The molecule has 1 aliphatic rings. The lowest BCUT2D eigenvalue weighted by atomic mass is 9.97. The maximum absolute atomic E-state index is 12.4. The van der Waals surface area contributed by atoms with Crippen molar-refractivity contribution in [2.24, 2.45) is 0 Å². The van der Waals surface area contributed by atoms with E-state index in [1.807, 2.05) is 0 Å². The molecular weight excluding hydrogens is 277 g/mol. The van der Waals surface area contributed by atoms with E-state index in [0.29, 0.717) is 4.90 Å². The van der Waals surface area contributed by atoms with E-state index in [-0.39, 0.29) is 19.4 Å². The second kappa shape index (κ2) is 5.49. The first kappa shape index (κ1) is 16.6. The molecule has 0 aliphatic carbocycles. The molecule has 116 valence electrons. The predicted octanol–water partition coefficient (Wildman–Crippen LogP) is 2.32. The average Bonchev–Trinajstić information content (AvgIpc) is 2.18. The minimum atomic E-state index is -4.48. The van der Waals surface area contributed by atoms with Crippen LogP contribution < -0.4 is 0 Å². The van der Waals surface area contributed by atoms with Crippen LogP contribution in [0.15, 0.2) is 0 Å². The number of hydrogen-bond donors (Lipinski definition) is 1. The van der Waals surface area contributed by atoms with Gasteiger partial charge >= 0.3 is 12.3 Å². The summed E-state index contributed by atoms with van der Waals surface area (Å²) < 4.78 is 37.2. The van der Waals surface area contributed by atoms with Gasteiger partial charge in [0.25, 0.3) is 0 Å². The third kappa shape index (κ3) is 4.28. The number of likely N-dealkylation sites (tertiary alicyclic amines) is 1. The molecule has 1 rings (SSSR count). The molecule has 1 saturated heterocycles. The van der Waals surface area contributed by atoms with Crippen molar-refractivity contribution in [1.82, 2.24) is 9.80 Å². The van der Waals surface area contributed by atoms with Crippen molar-refractivity contribution < 1.29 is 27.9 Å². The molecule has 1 fully saturated rings. The van der Waals surface area contributed by atoms with Gasteiger partial charge in [-0.2, -0.15) is 13.2 Å². The van der Waals surface area contributed by atoms with E-state index < -0.39 is 36.3 Å². The molecule has 0 radical (unpaired) electrons. The monoisotopic (exact) mass is 296 g/mol. The van der Waals surface area contributed by atoms with Crippen molar-refractivity contribution >= 4 is 12.0 Å². The van der Waals surface area contributed by atoms with Gasteiger partial charge in [-0.3, -0.25) is 9.69 Å². The van der Waals surface area contributed by atoms with Crippen molar-refractivity contribution in [2.75, 3.05) is 13.1 Å². The highest BCUT2D eigenvalue weighted by Crippen LogP contribution is 2.26. The lowest BCUT2D eigenvalue weighted by Crippen LogP contribution is -2.58. The van der Waals surface area contributed by atoms with E-state index in [1.165, 1.54) is 0 Å². The molecule has 0 spiro atoms. The molecule has 0 aromatic carbocycles. The molecule has 0 aromatic rings. The predicted molar refractivity (Wildman–Crippen MR) is 65.3 cm³/mol. The number of carboxylic acid groups (broad SMARTS) is 1. The van der Waals surface area contributed by atoms with Gasteiger partial charge in [0, 0.05) is 18.5 Å². The number of hydrogen-bond acceptors (Lipinski definition) is 2. The van der Waals surface area contributed by atoms with Crippen LogP contribution in [0.3, 0.4) is 0 Å². The number of piperidine rings is 1. The van der Waals surface area contributed by atoms with Gasteiger partial charge in [-0.1, -0.05) is 0 Å². The zero-order valence-corrected chi connectivity index (χ0v) is 11.7. The van der Waals surface area contributed by atoms with Gasteiger partial charge in [-0.15, -0.1) is 0 Å². The molecule has 1 N–H and O–H groups in total. The molecule has 0 saturated carbocycles. The van der Waals surface area contributed by atoms with Gasteiger partial charge in [0.15, 0.2) is 0 Å². The van der Waals surface area contributed by atoms with Crippen LogP contribution in [0.5, 0.6) is 0 Å². The van der Waals surface area contributed by atoms with Crippen molar-refractivity contribution in [3.05, 3.63) is 0 Å². The quantitative estimate of drug-likeness (QED) is 0.850. The molecule has 20 heavy (non-hydrogen) atoms. The van der Waals surface area contributed by atoms with Gasteiger partial charge in [0.1, 0.15) is 6.54 Å². The Morgan fingerprint density at radius 2 is 1.95 bits per heavy atom. The second-order valence-electron chi connectivity index (χ2n) is 5.91. The van der Waals surface area contributed by atoms with E-state index in [9.17, 15) is 27.9 Å². The maximum atomic E-state index is 12.4. The van der Waals surface area contributed by atoms with Crippen LogP contribution in [0.25, 0.3) is 0 Å². The van der Waals surface area contributed by atoms with Crippen LogP contribution in [0.1, 0.15) is 33.6 Å². The Bertz CT molecular complexity index is 390. The first-order valence-corrected chi connectivity index (χ1v) is 6.28. The topological polar surface area (TPSA) is 60.9 Å². The number of rotatable bonds is 2. The van der Waals surface area contributed by atoms with Crippen LogP contribution in [0, 0.1) is 0 Å². The minimum absolute atomic E-state index is 0.0688. The zero-order chi connectivity index (χ0) is 15.7. The van der Waals surface area contributed by atoms with Crippen molar-refractivity contribution in [1.29, 1.82) is 0 Å². The van der Waals surface area contributed by atoms with Crippen LogP contribution in [0.4, 0.5) is 18.0 Å². The largest absolute Gasteiger partial charge is 0.465 e. The Balaban J connectivity index is 2.87. The van der Waals surface area contributed by atoms with Gasteiger partial charge in [0.05, 0.1) is 6.04 Å². The smallest absolute Gasteiger partial charge is 0.408 e. The van der Waals surface area contributed by atoms with E-state index in [1.54, 1.807) is 20.8 Å². The Hall–Kier alpha value is -1.47. The highest BCUT2D eigenvalue weighted by molar-refractivity contribution is 5.77. The van der Waals surface area contributed by atoms with Gasteiger partial charge < -0.3 is 10.0 Å². The Morgan fingerprint density at radius 1 is 1.40 bits per heavy atom. The summed E-state index contributed by atoms with van der Waals surface area (Å²) in [5.41, 5.74) is -0.735. The molecule has 0 aromatic heterocycles. The van der Waals surface area contributed by atoms with Crippen molar-refractivity contribution in [2.45, 2.75) is 51.4 Å². The summed E-state index contributed by atoms with van der Waals surface area (Å²) in [5.74, 6) is -0.585. The van der Waals surface area contributed by atoms with Crippen molar-refractivity contribution in [3.8, 4) is 0 Å². The number of halogens is 3. The number of carbonyl (C=O) groups excluding carboxylic acids is 1. The van der Waals surface area contributed by atoms with Crippen LogP contribution in [-0.4, -0.2) is 57.8 Å². The fourth-order valence-corrected chi connectivity index (χ4v) is 2.47. The summed E-state index contributed by atoms with van der Waals surface area (Å²) in [6.45, 7) is 3.46. The molecule has 1 unspecified atom stereocenters. The third-order valence-electron chi connectivity index (χ3n) is 3.14. The number of amides is 2. The van der Waals surface area contributed by atoms with Crippen LogP contribution in [0.2, 0.25) is 0 Å². The lowest BCUT2D eigenvalue weighted by Gasteiger charge is -2.44. The fourth-order valence-electron chi connectivity index (χ4n) is 2.47. The van der Waals surface area contributed by atoms with Gasteiger partial charge in [-0.05, 0) is 27.2 Å². The molecule has 2 amide bonds. The Morgan fingerprint density at radius 3 is 2.35 bits per heavy atom. The average molecular weight is 296 g/mol. The van der Waals surface area contributed by atoms with E-state index >= 15 is 0 Å². The molecule has 0 bridgehead atoms. The number of carbonyl (C=O) groups is 2. The maximum Gasteiger partial charge on any atom is 0.408 e. The highest BCUT2D eigenvalue weighted by atomic mass is 19.4. The summed E-state index contributed by atoms with van der Waals surface area (Å²) in [4.78, 5) is 24.7. The van der Waals surface area contributed by atoms with Crippen LogP contribution >= 0.6 is 0 Å². The number of alkyl halides is 3. The fraction of sp³-hybridized carbons (Fsp3) is 0.833. The Kier molecular flexibility index (Phi) is 4.55. The summed E-state index contributed by atoms with van der Waals surface area (Å²) in [7, 11) is 0. The first-order chi connectivity index (χ1) is 8.92. The number of nitrogens with zero attached hydrogens (tertiary/aromatic N) is 2. The molecule has 8 heteroatoms. The molecular formula is C12H19F3N2O3. The standard InChI is InChI=1S/C12H19F3N2O3/c1-11(2,3)17(10(19)20)8-4-5-9(18)16(6-8)7-12(13,14)15/h8H,4-7H2,1-3H3,(H,19,20). The first-order valence-electron chi connectivity index (χ1n) is 6.28. The zero-order valence-electron chi connectivity index (χ0n) is 11.7. The van der Waals surface area contributed by atoms with Crippen LogP contribution in [-0.2, 0) is 4.79 Å². The molecule has 1 heterocycles. The molecule has 1 aliphatic heterocycles. The normalized spacial score (nSPS) is 21.0. The van der Waals surface area contributed by atoms with Gasteiger partial charge in [0.2, 0.25) is 5.91 Å². The lowest BCUT2D eigenvalue weighted by molar-refractivity contribution is -0.166. The Labute approximate surface area is 115 Å². The summed E-state index contributed by atoms with van der Waals surface area (Å²) >= 11 is 0. The second-order valence-corrected chi connectivity index (χ2v) is 5.91. The summed E-state index contributed by atoms with van der Waals surface area (Å²) in [6, 6.07) is -0.618. The summed E-state index contributed by atoms with van der Waals surface area (Å²) in [6.07, 6.45) is -5.49. The third-order valence-corrected chi connectivity index (χ3v) is 3.14. The molecule has 1 atom stereocenters. The minimum Gasteiger partial charge on any atom is -0.465 e. The van der Waals surface area contributed by atoms with E-state index in [2.05, 4.69) is 0 Å². The van der Waals surface area contributed by atoms with Gasteiger partial charge in [-0.25, -0.2) is 4.79 Å². The SMILES string of the molecule is CC(C)(C)N(C(=O)O)C1CCC(=O)N(CC(F)(F)F)C1. The van der Waals surface area contributed by atoms with E-state index in [4.69, 9.17) is 0 Å². The highest BCUT2D eigenvalue weighted by Gasteiger charge is 2.41. The molecule has 5 nitrogen and oxygen atoms in total. The summed E-state index contributed by atoms with van der Waals surface area (Å²) in [5, 5.41) is 9.25. The van der Waals surface area contributed by atoms with Crippen molar-refractivity contribution in [3.63, 3.8) is 0 Å².